The van der Waals surface area contributed by atoms with Crippen LogP contribution in [0.2, 0.25) is 0 Å². The van der Waals surface area contributed by atoms with Gasteiger partial charge in [0.1, 0.15) is 17.8 Å². The summed E-state index contributed by atoms with van der Waals surface area (Å²) in [6, 6.07) is 13.6. The van der Waals surface area contributed by atoms with E-state index in [1.807, 2.05) is 59.0 Å². The normalized spacial score (nSPS) is 16.8. The van der Waals surface area contributed by atoms with E-state index in [1.165, 1.54) is 6.33 Å². The van der Waals surface area contributed by atoms with Crippen LogP contribution in [0.3, 0.4) is 0 Å². The summed E-state index contributed by atoms with van der Waals surface area (Å²) in [5.41, 5.74) is 13.6. The molecular formula is C32H34N6O3. The molecule has 9 nitrogen and oxygen atoms in total. The van der Waals surface area contributed by atoms with Crippen LogP contribution < -0.4 is 11.1 Å². The molecule has 6 rings (SSSR count). The third kappa shape index (κ3) is 4.86. The van der Waals surface area contributed by atoms with Crippen LogP contribution in [0.25, 0.3) is 33.4 Å². The van der Waals surface area contributed by atoms with Gasteiger partial charge in [0.2, 0.25) is 0 Å². The Labute approximate surface area is 239 Å². The van der Waals surface area contributed by atoms with Crippen LogP contribution in [0.5, 0.6) is 0 Å². The van der Waals surface area contributed by atoms with E-state index in [0.29, 0.717) is 34.9 Å². The van der Waals surface area contributed by atoms with Gasteiger partial charge in [0.25, 0.3) is 11.8 Å². The lowest BCUT2D eigenvalue weighted by molar-refractivity contribution is -0.112. The second-order valence-electron chi connectivity index (χ2n) is 10.9. The number of nitrogen functional groups attached to an aromatic ring is 1. The van der Waals surface area contributed by atoms with E-state index in [1.54, 1.807) is 6.92 Å². The average Bonchev–Trinajstić information content (AvgIpc) is 3.75. The first-order valence-corrected chi connectivity index (χ1v) is 14.0. The summed E-state index contributed by atoms with van der Waals surface area (Å²) >= 11 is 0. The predicted molar refractivity (Wildman–Crippen MR) is 160 cm³/mol. The summed E-state index contributed by atoms with van der Waals surface area (Å²) in [4.78, 5) is 36.2. The van der Waals surface area contributed by atoms with E-state index >= 15 is 0 Å². The van der Waals surface area contributed by atoms with Crippen LogP contribution >= 0.6 is 0 Å². The molecule has 3 N–H and O–H groups in total. The Bertz CT molecular complexity index is 1660. The number of fused-ring (bicyclic) bond motifs is 1. The van der Waals surface area contributed by atoms with Gasteiger partial charge in [0, 0.05) is 54.7 Å². The number of likely N-dealkylation sites (tertiary alicyclic amines) is 1. The van der Waals surface area contributed by atoms with E-state index in [4.69, 9.17) is 10.5 Å². The third-order valence-electron chi connectivity index (χ3n) is 8.04. The van der Waals surface area contributed by atoms with Gasteiger partial charge in [0.05, 0.1) is 17.2 Å². The number of hydrogen-bond donors (Lipinski definition) is 2. The predicted octanol–water partition coefficient (Wildman–Crippen LogP) is 5.49. The van der Waals surface area contributed by atoms with Crippen molar-refractivity contribution in [3.63, 3.8) is 0 Å². The van der Waals surface area contributed by atoms with Gasteiger partial charge < -0.3 is 25.3 Å². The van der Waals surface area contributed by atoms with Crippen LogP contribution in [0.15, 0.2) is 60.9 Å². The number of anilines is 2. The Balaban J connectivity index is 1.52. The fourth-order valence-electron chi connectivity index (χ4n) is 5.94. The first kappa shape index (κ1) is 26.7. The second kappa shape index (κ2) is 10.8. The van der Waals surface area contributed by atoms with Crippen molar-refractivity contribution in [2.24, 2.45) is 7.05 Å². The lowest BCUT2D eigenvalue weighted by Gasteiger charge is -2.19. The molecule has 2 aromatic heterocycles. The fourth-order valence-corrected chi connectivity index (χ4v) is 5.94. The molecule has 2 aliphatic rings. The van der Waals surface area contributed by atoms with Crippen molar-refractivity contribution < 1.29 is 14.3 Å². The summed E-state index contributed by atoms with van der Waals surface area (Å²) in [6.07, 6.45) is 5.27. The molecule has 2 aliphatic heterocycles. The largest absolute Gasteiger partial charge is 0.383 e. The zero-order valence-corrected chi connectivity index (χ0v) is 23.4. The zero-order chi connectivity index (χ0) is 28.7. The van der Waals surface area contributed by atoms with Crippen molar-refractivity contribution in [3.05, 3.63) is 72.1 Å². The van der Waals surface area contributed by atoms with Gasteiger partial charge in [-0.15, -0.1) is 0 Å². The number of hydrogen-bond acceptors (Lipinski definition) is 6. The Morgan fingerprint density at radius 3 is 2.51 bits per heavy atom. The van der Waals surface area contributed by atoms with E-state index in [0.717, 1.165) is 72.1 Å². The average molecular weight is 551 g/mol. The first-order chi connectivity index (χ1) is 19.8. The third-order valence-corrected chi connectivity index (χ3v) is 8.04. The van der Waals surface area contributed by atoms with Gasteiger partial charge >= 0.3 is 0 Å². The van der Waals surface area contributed by atoms with Crippen LogP contribution in [0.4, 0.5) is 11.5 Å². The number of benzene rings is 2. The van der Waals surface area contributed by atoms with Crippen LogP contribution in [0.1, 0.15) is 54.6 Å². The van der Waals surface area contributed by atoms with Crippen molar-refractivity contribution in [2.75, 3.05) is 30.7 Å². The van der Waals surface area contributed by atoms with Crippen molar-refractivity contribution in [3.8, 4) is 22.4 Å². The minimum absolute atomic E-state index is 0.0584. The number of rotatable bonds is 6. The summed E-state index contributed by atoms with van der Waals surface area (Å²) in [6.45, 7) is 7.72. The molecule has 1 atom stereocenters. The quantitative estimate of drug-likeness (QED) is 0.307. The molecule has 41 heavy (non-hydrogen) atoms. The number of nitrogens with zero attached hydrogens (tertiary/aromatic N) is 4. The molecule has 0 aliphatic carbocycles. The number of nitrogens with two attached hydrogens (primary N) is 1. The maximum Gasteiger partial charge on any atom is 0.253 e. The maximum atomic E-state index is 13.0. The van der Waals surface area contributed by atoms with Crippen molar-refractivity contribution in [2.45, 2.75) is 38.7 Å². The van der Waals surface area contributed by atoms with Gasteiger partial charge in [-0.3, -0.25) is 9.59 Å². The number of carbonyl (C=O) groups is 2. The number of nitrogens with one attached hydrogen (secondary N) is 1. The molecule has 0 bridgehead atoms. The minimum Gasteiger partial charge on any atom is -0.383 e. The van der Waals surface area contributed by atoms with E-state index in [2.05, 4.69) is 21.9 Å². The molecule has 0 saturated carbocycles. The molecule has 0 spiro atoms. The van der Waals surface area contributed by atoms with Gasteiger partial charge in [-0.05, 0) is 68.0 Å². The molecular weight excluding hydrogens is 516 g/mol. The van der Waals surface area contributed by atoms with Crippen LogP contribution in [-0.4, -0.2) is 50.9 Å². The number of amides is 2. The van der Waals surface area contributed by atoms with Gasteiger partial charge in [-0.2, -0.15) is 0 Å². The van der Waals surface area contributed by atoms with Crippen molar-refractivity contribution >= 4 is 34.4 Å². The fraction of sp³-hybridized carbons (Fsp3) is 0.312. The van der Waals surface area contributed by atoms with Gasteiger partial charge in [-0.25, -0.2) is 9.97 Å². The standard InChI is InChI=1S/C32H34N6O3/c1-19(2)31(39)36-22-12-13-23(24(17-22)25-7-6-16-41-25)28-26(27-29(33)34-18-35-30(27)37(28)3)20-8-10-21(11-9-20)32(40)38-14-4-5-15-38/h8-13,17-18,25H,1,4-7,14-16H2,2-3H3,(H,36,39)(H2,33,34,35). The second-order valence-corrected chi connectivity index (χ2v) is 10.9. The number of ether oxygens (including phenoxy) is 1. The number of aryl methyl sites for hydroxylation is 1. The molecule has 2 aromatic carbocycles. The number of aromatic nitrogens is 3. The Kier molecular flexibility index (Phi) is 7.05. The molecule has 9 heteroatoms. The summed E-state index contributed by atoms with van der Waals surface area (Å²) < 4.78 is 8.18. The van der Waals surface area contributed by atoms with E-state index < -0.39 is 0 Å². The van der Waals surface area contributed by atoms with Crippen LogP contribution in [0, 0.1) is 0 Å². The molecule has 210 valence electrons. The molecule has 2 saturated heterocycles. The van der Waals surface area contributed by atoms with Crippen molar-refractivity contribution in [1.29, 1.82) is 0 Å². The SMILES string of the molecule is C=C(C)C(=O)Nc1ccc(-c2c(-c3ccc(C(=O)N4CCCC4)cc3)c3c(N)ncnc3n2C)c(C2CCCO2)c1. The van der Waals surface area contributed by atoms with Crippen LogP contribution in [-0.2, 0) is 16.6 Å². The lowest BCUT2D eigenvalue weighted by Crippen LogP contribution is -2.27. The monoisotopic (exact) mass is 550 g/mol. The molecule has 0 radical (unpaired) electrons. The highest BCUT2D eigenvalue weighted by molar-refractivity contribution is 6.09. The first-order valence-electron chi connectivity index (χ1n) is 14.0. The van der Waals surface area contributed by atoms with E-state index in [9.17, 15) is 9.59 Å². The molecule has 4 heterocycles. The molecule has 2 amide bonds. The Hall–Kier alpha value is -4.50. The highest BCUT2D eigenvalue weighted by Gasteiger charge is 2.28. The minimum atomic E-state index is -0.229. The lowest BCUT2D eigenvalue weighted by atomic mass is 9.92. The number of carbonyl (C=O) groups excluding carboxylic acids is 2. The summed E-state index contributed by atoms with van der Waals surface area (Å²) in [5, 5.41) is 3.69. The van der Waals surface area contributed by atoms with Gasteiger partial charge in [-0.1, -0.05) is 24.8 Å². The van der Waals surface area contributed by atoms with Crippen molar-refractivity contribution in [1.82, 2.24) is 19.4 Å². The summed E-state index contributed by atoms with van der Waals surface area (Å²) in [7, 11) is 1.97. The molecule has 2 fully saturated rings. The highest BCUT2D eigenvalue weighted by atomic mass is 16.5. The smallest absolute Gasteiger partial charge is 0.253 e. The molecule has 4 aromatic rings. The Morgan fingerprint density at radius 2 is 1.83 bits per heavy atom. The zero-order valence-electron chi connectivity index (χ0n) is 23.4. The van der Waals surface area contributed by atoms with E-state index in [-0.39, 0.29) is 17.9 Å². The topological polar surface area (TPSA) is 115 Å². The molecule has 1 unspecified atom stereocenters. The summed E-state index contributed by atoms with van der Waals surface area (Å²) in [5.74, 6) is 0.212. The Morgan fingerprint density at radius 1 is 1.07 bits per heavy atom. The van der Waals surface area contributed by atoms with Gasteiger partial charge in [0.15, 0.2) is 0 Å². The highest BCUT2D eigenvalue weighted by Crippen LogP contribution is 2.45. The maximum absolute atomic E-state index is 13.0.